The maximum absolute atomic E-state index is 10.6. The van der Waals surface area contributed by atoms with Gasteiger partial charge < -0.3 is 5.11 Å². The van der Waals surface area contributed by atoms with Crippen LogP contribution in [0.25, 0.3) is 11.1 Å². The Balaban J connectivity index is 1.89. The number of aliphatic hydroxyl groups excluding tert-OH is 1. The summed E-state index contributed by atoms with van der Waals surface area (Å²) in [6, 6.07) is 18.5. The van der Waals surface area contributed by atoms with Crippen LogP contribution in [0.1, 0.15) is 57.1 Å². The Labute approximate surface area is 148 Å². The zero-order valence-corrected chi connectivity index (χ0v) is 15.5. The van der Waals surface area contributed by atoms with Crippen molar-refractivity contribution >= 4 is 15.9 Å². The molecule has 0 amide bonds. The molecular formula is C21H27BrO. The second-order valence-corrected chi connectivity index (χ2v) is 7.80. The van der Waals surface area contributed by atoms with Crippen LogP contribution < -0.4 is 0 Å². The van der Waals surface area contributed by atoms with Crippen LogP contribution in [0.5, 0.6) is 0 Å². The normalized spacial score (nSPS) is 13.7. The summed E-state index contributed by atoms with van der Waals surface area (Å²) in [4.78, 5) is 0.617. The zero-order valence-electron chi connectivity index (χ0n) is 13.9. The predicted octanol–water partition coefficient (Wildman–Crippen LogP) is 6.51. The van der Waals surface area contributed by atoms with Gasteiger partial charge in [0.1, 0.15) is 0 Å². The van der Waals surface area contributed by atoms with E-state index in [1.54, 1.807) is 0 Å². The molecule has 0 aliphatic rings. The molecule has 0 heterocycles. The lowest BCUT2D eigenvalue weighted by Crippen LogP contribution is -2.00. The van der Waals surface area contributed by atoms with Crippen molar-refractivity contribution in [2.45, 2.75) is 56.4 Å². The van der Waals surface area contributed by atoms with E-state index in [-0.39, 0.29) is 6.10 Å². The highest BCUT2D eigenvalue weighted by Gasteiger charge is 2.12. The van der Waals surface area contributed by atoms with Crippen LogP contribution in [0.3, 0.4) is 0 Å². The van der Waals surface area contributed by atoms with Gasteiger partial charge in [0, 0.05) is 4.83 Å². The molecule has 2 unspecified atom stereocenters. The number of rotatable bonds is 9. The Hall–Kier alpha value is -1.12. The van der Waals surface area contributed by atoms with Gasteiger partial charge in [-0.1, -0.05) is 103 Å². The van der Waals surface area contributed by atoms with Crippen molar-refractivity contribution < 1.29 is 5.11 Å². The van der Waals surface area contributed by atoms with Crippen LogP contribution in [0.2, 0.25) is 0 Å². The number of aliphatic hydroxyl groups is 1. The average molecular weight is 375 g/mol. The van der Waals surface area contributed by atoms with Crippen molar-refractivity contribution in [1.82, 2.24) is 0 Å². The van der Waals surface area contributed by atoms with Crippen LogP contribution >= 0.6 is 15.9 Å². The molecule has 0 fully saturated rings. The minimum atomic E-state index is -0.374. The van der Waals surface area contributed by atoms with Gasteiger partial charge >= 0.3 is 0 Å². The third kappa shape index (κ3) is 6.12. The largest absolute Gasteiger partial charge is 0.388 e. The molecule has 1 N–H and O–H groups in total. The molecular weight excluding hydrogens is 348 g/mol. The second kappa shape index (κ2) is 9.89. The van der Waals surface area contributed by atoms with Crippen molar-refractivity contribution in [3.63, 3.8) is 0 Å². The topological polar surface area (TPSA) is 20.2 Å². The van der Waals surface area contributed by atoms with Crippen LogP contribution in [0.4, 0.5) is 0 Å². The molecule has 0 saturated heterocycles. The Morgan fingerprint density at radius 3 is 2.13 bits per heavy atom. The number of halogens is 1. The van der Waals surface area contributed by atoms with E-state index >= 15 is 0 Å². The minimum Gasteiger partial charge on any atom is -0.388 e. The quantitative estimate of drug-likeness (QED) is 0.391. The number of hydrogen-bond donors (Lipinski definition) is 1. The van der Waals surface area contributed by atoms with Crippen molar-refractivity contribution in [3.05, 3.63) is 60.2 Å². The molecule has 0 bridgehead atoms. The van der Waals surface area contributed by atoms with Gasteiger partial charge in [-0.3, -0.25) is 0 Å². The van der Waals surface area contributed by atoms with Gasteiger partial charge in [-0.05, 0) is 29.5 Å². The van der Waals surface area contributed by atoms with E-state index in [4.69, 9.17) is 0 Å². The summed E-state index contributed by atoms with van der Waals surface area (Å²) in [6.45, 7) is 2.20. The summed E-state index contributed by atoms with van der Waals surface area (Å²) >= 11 is 3.59. The minimum absolute atomic E-state index is 0.374. The monoisotopic (exact) mass is 374 g/mol. The molecule has 2 aromatic rings. The number of benzene rings is 2. The van der Waals surface area contributed by atoms with Gasteiger partial charge in [-0.25, -0.2) is 0 Å². The van der Waals surface area contributed by atoms with Crippen LogP contribution in [-0.4, -0.2) is 9.93 Å². The van der Waals surface area contributed by atoms with Gasteiger partial charge in [-0.15, -0.1) is 0 Å². The van der Waals surface area contributed by atoms with E-state index in [1.807, 2.05) is 30.3 Å². The lowest BCUT2D eigenvalue weighted by molar-refractivity contribution is 0.164. The predicted molar refractivity (Wildman–Crippen MR) is 103 cm³/mol. The van der Waals surface area contributed by atoms with Gasteiger partial charge in [0.15, 0.2) is 0 Å². The highest BCUT2D eigenvalue weighted by Crippen LogP contribution is 2.30. The summed E-state index contributed by atoms with van der Waals surface area (Å²) < 4.78 is 0. The van der Waals surface area contributed by atoms with Crippen LogP contribution in [0.15, 0.2) is 54.6 Å². The Bertz CT molecular complexity index is 565. The van der Waals surface area contributed by atoms with Crippen molar-refractivity contribution in [3.8, 4) is 11.1 Å². The highest BCUT2D eigenvalue weighted by molar-refractivity contribution is 9.09. The SMILES string of the molecule is CC(Br)CCCCCCC(O)c1ccccc1-c1ccccc1. The molecule has 0 aliphatic carbocycles. The third-order valence-electron chi connectivity index (χ3n) is 4.23. The first-order valence-electron chi connectivity index (χ1n) is 8.65. The van der Waals surface area contributed by atoms with E-state index in [0.29, 0.717) is 4.83 Å². The lowest BCUT2D eigenvalue weighted by atomic mass is 9.93. The maximum Gasteiger partial charge on any atom is 0.0796 e. The maximum atomic E-state index is 10.6. The van der Waals surface area contributed by atoms with Crippen molar-refractivity contribution in [1.29, 1.82) is 0 Å². The number of unbranched alkanes of at least 4 members (excludes halogenated alkanes) is 3. The van der Waals surface area contributed by atoms with Crippen LogP contribution in [-0.2, 0) is 0 Å². The summed E-state index contributed by atoms with van der Waals surface area (Å²) in [5, 5.41) is 10.6. The number of hydrogen-bond acceptors (Lipinski definition) is 1. The van der Waals surface area contributed by atoms with E-state index in [1.165, 1.54) is 31.2 Å². The van der Waals surface area contributed by atoms with Gasteiger partial charge in [0.2, 0.25) is 0 Å². The smallest absolute Gasteiger partial charge is 0.0796 e. The van der Waals surface area contributed by atoms with Gasteiger partial charge in [-0.2, -0.15) is 0 Å². The molecule has 23 heavy (non-hydrogen) atoms. The van der Waals surface area contributed by atoms with Crippen LogP contribution in [0, 0.1) is 0 Å². The summed E-state index contributed by atoms with van der Waals surface area (Å²) in [5.41, 5.74) is 3.37. The molecule has 124 valence electrons. The summed E-state index contributed by atoms with van der Waals surface area (Å²) in [5.74, 6) is 0. The molecule has 0 spiro atoms. The fourth-order valence-corrected chi connectivity index (χ4v) is 3.26. The first-order valence-corrected chi connectivity index (χ1v) is 9.56. The summed E-state index contributed by atoms with van der Waals surface area (Å²) in [7, 11) is 0. The Morgan fingerprint density at radius 1 is 0.826 bits per heavy atom. The number of alkyl halides is 1. The fourth-order valence-electron chi connectivity index (χ4n) is 2.94. The molecule has 2 atom stereocenters. The first-order chi connectivity index (χ1) is 11.2. The highest BCUT2D eigenvalue weighted by atomic mass is 79.9. The Morgan fingerprint density at radius 2 is 1.43 bits per heavy atom. The fraction of sp³-hybridized carbons (Fsp3) is 0.429. The van der Waals surface area contributed by atoms with E-state index in [0.717, 1.165) is 24.0 Å². The molecule has 0 aliphatic heterocycles. The summed E-state index contributed by atoms with van der Waals surface area (Å²) in [6.07, 6.45) is 6.51. The molecule has 2 heteroatoms. The van der Waals surface area contributed by atoms with Gasteiger partial charge in [0.25, 0.3) is 0 Å². The molecule has 2 rings (SSSR count). The van der Waals surface area contributed by atoms with E-state index in [9.17, 15) is 5.11 Å². The molecule has 0 aromatic heterocycles. The Kier molecular flexibility index (Phi) is 7.84. The van der Waals surface area contributed by atoms with Crippen molar-refractivity contribution in [2.24, 2.45) is 0 Å². The first kappa shape index (κ1) is 18.2. The molecule has 0 radical (unpaired) electrons. The van der Waals surface area contributed by atoms with Gasteiger partial charge in [0.05, 0.1) is 6.10 Å². The molecule has 1 nitrogen and oxygen atoms in total. The average Bonchev–Trinajstić information content (AvgIpc) is 2.58. The standard InChI is InChI=1S/C21H27BrO/c1-17(22)11-5-2-3-8-16-21(23)20-15-10-9-14-19(20)18-12-6-4-7-13-18/h4,6-7,9-10,12-15,17,21,23H,2-3,5,8,11,16H2,1H3. The third-order valence-corrected chi connectivity index (χ3v) is 4.69. The lowest BCUT2D eigenvalue weighted by Gasteiger charge is -2.16. The van der Waals surface area contributed by atoms with E-state index < -0.39 is 0 Å². The van der Waals surface area contributed by atoms with Crippen molar-refractivity contribution in [2.75, 3.05) is 0 Å². The molecule has 2 aromatic carbocycles. The molecule has 0 saturated carbocycles. The van der Waals surface area contributed by atoms with E-state index in [2.05, 4.69) is 47.1 Å². The second-order valence-electron chi connectivity index (χ2n) is 6.24. The zero-order chi connectivity index (χ0) is 16.5.